The quantitative estimate of drug-likeness (QED) is 0.589. The van der Waals surface area contributed by atoms with Crippen molar-refractivity contribution in [3.8, 4) is 0 Å². The minimum absolute atomic E-state index is 0.356. The smallest absolute Gasteiger partial charge is 0.0476 e. The molecule has 1 aliphatic carbocycles. The monoisotopic (exact) mass is 155 g/mol. The van der Waals surface area contributed by atoms with Crippen molar-refractivity contribution in [3.63, 3.8) is 0 Å². The van der Waals surface area contributed by atoms with Crippen molar-refractivity contribution in [3.05, 3.63) is 0 Å². The van der Waals surface area contributed by atoms with Crippen LogP contribution in [0.15, 0.2) is 0 Å². The van der Waals surface area contributed by atoms with Gasteiger partial charge in [-0.15, -0.1) is 0 Å². The third-order valence-electron chi connectivity index (χ3n) is 3.45. The lowest BCUT2D eigenvalue weighted by atomic mass is 9.86. The van der Waals surface area contributed by atoms with Crippen LogP contribution in [0.25, 0.3) is 0 Å². The lowest BCUT2D eigenvalue weighted by Gasteiger charge is -2.30. The Balaban J connectivity index is 2.09. The minimum Gasteiger partial charge on any atom is -0.396 e. The first kappa shape index (κ1) is 7.56. The Morgan fingerprint density at radius 2 is 2.18 bits per heavy atom. The van der Waals surface area contributed by atoms with Gasteiger partial charge in [0.2, 0.25) is 0 Å². The molecule has 2 nitrogen and oxygen atoms in total. The number of hydrogen-bond acceptors (Lipinski definition) is 2. The molecule has 2 aliphatic rings. The fourth-order valence-electron chi connectivity index (χ4n) is 2.80. The zero-order chi connectivity index (χ0) is 7.73. The van der Waals surface area contributed by atoms with E-state index in [1.807, 2.05) is 0 Å². The van der Waals surface area contributed by atoms with Crippen molar-refractivity contribution < 1.29 is 5.11 Å². The maximum absolute atomic E-state index is 9.15. The molecule has 11 heavy (non-hydrogen) atoms. The van der Waals surface area contributed by atoms with E-state index in [4.69, 9.17) is 5.11 Å². The molecule has 0 aromatic rings. The van der Waals surface area contributed by atoms with Gasteiger partial charge in [-0.2, -0.15) is 0 Å². The predicted molar refractivity (Wildman–Crippen MR) is 44.4 cm³/mol. The molecule has 2 unspecified atom stereocenters. The highest BCUT2D eigenvalue weighted by molar-refractivity contribution is 5.01. The second-order valence-electron chi connectivity index (χ2n) is 3.96. The van der Waals surface area contributed by atoms with E-state index in [2.05, 4.69) is 5.32 Å². The molecule has 0 aromatic carbocycles. The standard InChI is InChI=1S/C9H17NO/c11-7-8-3-1-4-9(8)5-2-6-10-9/h8,10-11H,1-7H2. The molecule has 2 fully saturated rings. The second kappa shape index (κ2) is 2.76. The molecule has 1 spiro atoms. The molecular weight excluding hydrogens is 138 g/mol. The van der Waals surface area contributed by atoms with Crippen molar-refractivity contribution in [2.45, 2.75) is 37.6 Å². The van der Waals surface area contributed by atoms with E-state index < -0.39 is 0 Å². The molecule has 0 radical (unpaired) electrons. The number of hydrogen-bond donors (Lipinski definition) is 2. The zero-order valence-corrected chi connectivity index (χ0v) is 6.97. The molecule has 2 rings (SSSR count). The summed E-state index contributed by atoms with van der Waals surface area (Å²) >= 11 is 0. The van der Waals surface area contributed by atoms with Crippen LogP contribution < -0.4 is 5.32 Å². The number of aliphatic hydroxyl groups excluding tert-OH is 1. The largest absolute Gasteiger partial charge is 0.396 e. The summed E-state index contributed by atoms with van der Waals surface area (Å²) in [5, 5.41) is 12.7. The van der Waals surface area contributed by atoms with E-state index in [1.165, 1.54) is 32.1 Å². The van der Waals surface area contributed by atoms with E-state index >= 15 is 0 Å². The molecule has 2 atom stereocenters. The van der Waals surface area contributed by atoms with Gasteiger partial charge in [-0.1, -0.05) is 6.42 Å². The summed E-state index contributed by atoms with van der Waals surface area (Å²) in [6.07, 6.45) is 6.41. The Bertz CT molecular complexity index is 135. The van der Waals surface area contributed by atoms with E-state index in [9.17, 15) is 0 Å². The zero-order valence-electron chi connectivity index (χ0n) is 6.97. The summed E-state index contributed by atoms with van der Waals surface area (Å²) in [4.78, 5) is 0. The van der Waals surface area contributed by atoms with Gasteiger partial charge in [0.05, 0.1) is 0 Å². The van der Waals surface area contributed by atoms with Crippen molar-refractivity contribution in [2.75, 3.05) is 13.2 Å². The van der Waals surface area contributed by atoms with Crippen molar-refractivity contribution in [1.29, 1.82) is 0 Å². The van der Waals surface area contributed by atoms with Gasteiger partial charge in [0.1, 0.15) is 0 Å². The van der Waals surface area contributed by atoms with Gasteiger partial charge in [0, 0.05) is 18.1 Å². The van der Waals surface area contributed by atoms with Gasteiger partial charge < -0.3 is 10.4 Å². The Hall–Kier alpha value is -0.0800. The molecule has 1 heterocycles. The third kappa shape index (κ3) is 1.09. The first-order valence-electron chi connectivity index (χ1n) is 4.73. The molecule has 2 heteroatoms. The van der Waals surface area contributed by atoms with Crippen LogP contribution in [-0.2, 0) is 0 Å². The third-order valence-corrected chi connectivity index (χ3v) is 3.45. The average molecular weight is 155 g/mol. The highest BCUT2D eigenvalue weighted by atomic mass is 16.3. The van der Waals surface area contributed by atoms with E-state index in [0.717, 1.165) is 6.54 Å². The number of nitrogens with one attached hydrogen (secondary N) is 1. The topological polar surface area (TPSA) is 32.3 Å². The summed E-state index contributed by atoms with van der Waals surface area (Å²) in [6.45, 7) is 1.55. The molecule has 0 aromatic heterocycles. The summed E-state index contributed by atoms with van der Waals surface area (Å²) < 4.78 is 0. The SMILES string of the molecule is OCC1CCCC12CCCN2. The van der Waals surface area contributed by atoms with Crippen LogP contribution in [0.2, 0.25) is 0 Å². The number of rotatable bonds is 1. The van der Waals surface area contributed by atoms with E-state index in [-0.39, 0.29) is 0 Å². The maximum Gasteiger partial charge on any atom is 0.0476 e. The van der Waals surface area contributed by atoms with Crippen LogP contribution in [0, 0.1) is 5.92 Å². The van der Waals surface area contributed by atoms with Crippen LogP contribution >= 0.6 is 0 Å². The number of aliphatic hydroxyl groups is 1. The van der Waals surface area contributed by atoms with Crippen LogP contribution in [0.3, 0.4) is 0 Å². The fraction of sp³-hybridized carbons (Fsp3) is 1.00. The minimum atomic E-state index is 0.356. The van der Waals surface area contributed by atoms with Gasteiger partial charge in [-0.3, -0.25) is 0 Å². The normalized spacial score (nSPS) is 43.9. The molecule has 1 saturated carbocycles. The summed E-state index contributed by atoms with van der Waals surface area (Å²) in [6, 6.07) is 0. The van der Waals surface area contributed by atoms with Crippen LogP contribution in [0.1, 0.15) is 32.1 Å². The Kier molecular flexibility index (Phi) is 1.90. The molecule has 0 bridgehead atoms. The summed E-state index contributed by atoms with van der Waals surface area (Å²) in [5.41, 5.74) is 0.356. The van der Waals surface area contributed by atoms with E-state index in [0.29, 0.717) is 18.1 Å². The van der Waals surface area contributed by atoms with Crippen molar-refractivity contribution in [1.82, 2.24) is 5.32 Å². The Labute approximate surface area is 68.0 Å². The van der Waals surface area contributed by atoms with Crippen LogP contribution in [0.5, 0.6) is 0 Å². The Morgan fingerprint density at radius 1 is 1.36 bits per heavy atom. The van der Waals surface area contributed by atoms with Crippen molar-refractivity contribution >= 4 is 0 Å². The molecular formula is C9H17NO. The van der Waals surface area contributed by atoms with Gasteiger partial charge in [0.15, 0.2) is 0 Å². The summed E-state index contributed by atoms with van der Waals surface area (Å²) in [7, 11) is 0. The molecule has 0 amide bonds. The molecule has 64 valence electrons. The molecule has 1 aliphatic heterocycles. The maximum atomic E-state index is 9.15. The van der Waals surface area contributed by atoms with Gasteiger partial charge in [0.25, 0.3) is 0 Å². The van der Waals surface area contributed by atoms with Gasteiger partial charge in [-0.05, 0) is 32.2 Å². The van der Waals surface area contributed by atoms with Crippen LogP contribution in [-0.4, -0.2) is 23.8 Å². The first-order chi connectivity index (χ1) is 5.37. The average Bonchev–Trinajstić information content (AvgIpc) is 2.62. The predicted octanol–water partition coefficient (Wildman–Crippen LogP) is 0.901. The highest BCUT2D eigenvalue weighted by Gasteiger charge is 2.43. The van der Waals surface area contributed by atoms with Crippen molar-refractivity contribution in [2.24, 2.45) is 5.92 Å². The van der Waals surface area contributed by atoms with Gasteiger partial charge in [-0.25, -0.2) is 0 Å². The molecule has 2 N–H and O–H groups in total. The lowest BCUT2D eigenvalue weighted by Crippen LogP contribution is -2.44. The van der Waals surface area contributed by atoms with Crippen LogP contribution in [0.4, 0.5) is 0 Å². The fourth-order valence-corrected chi connectivity index (χ4v) is 2.80. The lowest BCUT2D eigenvalue weighted by molar-refractivity contribution is 0.161. The van der Waals surface area contributed by atoms with E-state index in [1.54, 1.807) is 0 Å². The Morgan fingerprint density at radius 3 is 2.82 bits per heavy atom. The first-order valence-corrected chi connectivity index (χ1v) is 4.73. The van der Waals surface area contributed by atoms with Gasteiger partial charge >= 0.3 is 0 Å². The highest BCUT2D eigenvalue weighted by Crippen LogP contribution is 2.41. The molecule has 1 saturated heterocycles. The second-order valence-corrected chi connectivity index (χ2v) is 3.96. The summed E-state index contributed by atoms with van der Waals surface area (Å²) in [5.74, 6) is 0.546.